The lowest BCUT2D eigenvalue weighted by atomic mass is 10.0. The second-order valence-corrected chi connectivity index (χ2v) is 33.1. The molecule has 0 atom stereocenters. The summed E-state index contributed by atoms with van der Waals surface area (Å²) in [4.78, 5) is 43.3. The molecule has 8 aromatic heterocycles. The summed E-state index contributed by atoms with van der Waals surface area (Å²) in [6.45, 7) is 69.0. The average molecular weight is 1360 g/mol. The molecule has 92 heavy (non-hydrogen) atoms. The van der Waals surface area contributed by atoms with Gasteiger partial charge in [0.25, 0.3) is 0 Å². The van der Waals surface area contributed by atoms with Crippen molar-refractivity contribution in [2.45, 2.75) is 316 Å². The molecular formula is C75H123N11OS5. The number of H-pyrrole nitrogens is 1. The van der Waals surface area contributed by atoms with Crippen LogP contribution in [0.1, 0.15) is 402 Å². The minimum Gasteiger partial charge on any atom is -0.326 e. The van der Waals surface area contributed by atoms with E-state index in [1.54, 1.807) is 40.3 Å². The Kier molecular flexibility index (Phi) is 40.1. The first-order valence-electron chi connectivity index (χ1n) is 33.8. The van der Waals surface area contributed by atoms with Crippen LogP contribution >= 0.6 is 57.1 Å². The molecule has 0 unspecified atom stereocenters. The first-order valence-corrected chi connectivity index (χ1v) is 37.9. The molecular weight excluding hydrogens is 1230 g/mol. The molecule has 0 spiro atoms. The van der Waals surface area contributed by atoms with E-state index in [9.17, 15) is 4.79 Å². The van der Waals surface area contributed by atoms with Crippen LogP contribution in [-0.4, -0.2) is 53.8 Å². The summed E-state index contributed by atoms with van der Waals surface area (Å²) >= 11 is 8.50. The van der Waals surface area contributed by atoms with Gasteiger partial charge in [0.1, 0.15) is 20.8 Å². The van der Waals surface area contributed by atoms with Crippen molar-refractivity contribution in [1.82, 2.24) is 53.8 Å². The topological polar surface area (TPSA) is 162 Å². The Morgan fingerprint density at radius 1 is 0.337 bits per heavy atom. The summed E-state index contributed by atoms with van der Waals surface area (Å²) in [5.41, 5.74) is 9.29. The van der Waals surface area contributed by atoms with Crippen molar-refractivity contribution in [3.63, 3.8) is 0 Å². The summed E-state index contributed by atoms with van der Waals surface area (Å²) in [6.07, 6.45) is 7.68. The second kappa shape index (κ2) is 43.3. The highest BCUT2D eigenvalue weighted by molar-refractivity contribution is 7.12. The maximum absolute atomic E-state index is 11.3. The van der Waals surface area contributed by atoms with E-state index in [-0.39, 0.29) is 5.56 Å². The molecule has 1 N–H and O–H groups in total. The molecule has 514 valence electrons. The number of aromatic nitrogens is 11. The molecule has 0 aliphatic rings. The van der Waals surface area contributed by atoms with Gasteiger partial charge in [0.15, 0.2) is 0 Å². The highest BCUT2D eigenvalue weighted by Crippen LogP contribution is 2.29. The Labute approximate surface area is 579 Å². The minimum absolute atomic E-state index is 0.00917. The standard InChI is InChI=1S/C11H17NO.C11H17N.C10H16N2.3C9H15NS.2C8H14N2S/c1-7(2)9-5-10(8(3)4)12-11(13)6-9;1-8(2)10-5-6-11(9(3)4)12-7-10;1-7(2)9-5-11-6-10(12-9)8(3)4;1-6(2)8-5-11-9(10-8)7(3)4;1-6(2)8-5-10-9(11-8)7(3)4;1-6(2)8-5-9(7(3)4)11-10-8;1-5(2)7-9-10-8(11-7)6(3)4;1-5(2)7-9-8(6(3)4)11-10-7/h5-8H,1-4H3,(H,12,13);5-9H,1-4H3;5-8H,1-4H3;3*5-7H,1-4H3;2*5-6H,1-4H3. The summed E-state index contributed by atoms with van der Waals surface area (Å²) in [5, 5.41) is 16.3. The molecule has 0 aliphatic carbocycles. The maximum atomic E-state index is 11.3. The van der Waals surface area contributed by atoms with Gasteiger partial charge in [-0.2, -0.15) is 8.75 Å². The molecule has 0 saturated heterocycles. The van der Waals surface area contributed by atoms with Crippen LogP contribution in [-0.2, 0) is 0 Å². The number of nitrogens with zero attached hydrogens (tertiary/aromatic N) is 10. The van der Waals surface area contributed by atoms with Crippen LogP contribution in [0.4, 0.5) is 0 Å². The third-order valence-electron chi connectivity index (χ3n) is 13.9. The van der Waals surface area contributed by atoms with E-state index in [1.165, 1.54) is 53.9 Å². The van der Waals surface area contributed by atoms with Gasteiger partial charge in [0, 0.05) is 92.9 Å². The van der Waals surface area contributed by atoms with Crippen molar-refractivity contribution < 1.29 is 0 Å². The SMILES string of the molecule is CC(C)c1cc(C(C)C)[nH]c(=O)c1.CC(C)c1cc(C(C)C)sn1.CC(C)c1ccc(C(C)C)nc1.CC(C)c1cnc(C(C)C)s1.CC(C)c1cncc(C(C)C)n1.CC(C)c1csc(C(C)C)n1.CC(C)c1nnc(C(C)C)s1.CC(C)c1nsc(C(C)C)n1. The van der Waals surface area contributed by atoms with Gasteiger partial charge in [-0.3, -0.25) is 19.7 Å². The van der Waals surface area contributed by atoms with Crippen LogP contribution in [0.15, 0.2) is 65.3 Å². The average Bonchev–Trinajstić information content (AvgIpc) is 1.77. The number of nitrogens with one attached hydrogen (secondary N) is 1. The summed E-state index contributed by atoms with van der Waals surface area (Å²) in [6, 6.07) is 10.3. The molecule has 0 saturated carbocycles. The largest absolute Gasteiger partial charge is 0.326 e. The van der Waals surface area contributed by atoms with Gasteiger partial charge in [-0.15, -0.1) is 44.2 Å². The van der Waals surface area contributed by atoms with Crippen LogP contribution in [0, 0.1) is 0 Å². The number of thiazole rings is 2. The Bertz CT molecular complexity index is 2770. The van der Waals surface area contributed by atoms with Crippen LogP contribution in [0.3, 0.4) is 0 Å². The number of hydrogen-bond acceptors (Lipinski definition) is 16. The van der Waals surface area contributed by atoms with Gasteiger partial charge in [-0.05, 0) is 112 Å². The van der Waals surface area contributed by atoms with Crippen molar-refractivity contribution in [3.8, 4) is 0 Å². The van der Waals surface area contributed by atoms with Crippen molar-refractivity contribution >= 4 is 57.1 Å². The van der Waals surface area contributed by atoms with E-state index in [1.807, 2.05) is 36.1 Å². The van der Waals surface area contributed by atoms with Crippen LogP contribution in [0.2, 0.25) is 0 Å². The molecule has 0 fully saturated rings. The Hall–Kier alpha value is -4.81. The van der Waals surface area contributed by atoms with E-state index in [4.69, 9.17) is 0 Å². The van der Waals surface area contributed by atoms with Crippen molar-refractivity contribution in [3.05, 3.63) is 157 Å². The van der Waals surface area contributed by atoms with E-state index in [2.05, 4.69) is 305 Å². The zero-order valence-electron chi connectivity index (χ0n) is 62.9. The monoisotopic (exact) mass is 1350 g/mol. The highest BCUT2D eigenvalue weighted by atomic mass is 32.1. The third kappa shape index (κ3) is 32.6. The van der Waals surface area contributed by atoms with E-state index < -0.39 is 0 Å². The molecule has 8 rings (SSSR count). The quantitative estimate of drug-likeness (QED) is 0.0980. The fraction of sp³-hybridized carbons (Fsp3) is 0.640. The summed E-state index contributed by atoms with van der Waals surface area (Å²) < 4.78 is 8.65. The van der Waals surface area contributed by atoms with Crippen LogP contribution in [0.5, 0.6) is 0 Å². The number of aromatic amines is 1. The lowest BCUT2D eigenvalue weighted by molar-refractivity contribution is 0.751. The second-order valence-electron chi connectivity index (χ2n) is 28.4. The highest BCUT2D eigenvalue weighted by Gasteiger charge is 2.14. The fourth-order valence-corrected chi connectivity index (χ4v) is 11.6. The van der Waals surface area contributed by atoms with Crippen molar-refractivity contribution in [2.75, 3.05) is 0 Å². The minimum atomic E-state index is 0.00917. The first-order chi connectivity index (χ1) is 42.8. The molecule has 0 aliphatic heterocycles. The number of rotatable bonds is 16. The fourth-order valence-electron chi connectivity index (χ4n) is 7.23. The Morgan fingerprint density at radius 3 is 1.13 bits per heavy atom. The molecule has 8 heterocycles. The van der Waals surface area contributed by atoms with E-state index in [0.29, 0.717) is 94.7 Å². The van der Waals surface area contributed by atoms with Gasteiger partial charge in [0.05, 0.1) is 32.8 Å². The van der Waals surface area contributed by atoms with Gasteiger partial charge < -0.3 is 4.98 Å². The third-order valence-corrected chi connectivity index (χ3v) is 20.4. The summed E-state index contributed by atoms with van der Waals surface area (Å²) in [5.74, 6) is 9.37. The Morgan fingerprint density at radius 2 is 0.826 bits per heavy atom. The van der Waals surface area contributed by atoms with Gasteiger partial charge in [0.2, 0.25) is 5.56 Å². The molecule has 0 amide bonds. The van der Waals surface area contributed by atoms with E-state index >= 15 is 0 Å². The zero-order chi connectivity index (χ0) is 70.4. The smallest absolute Gasteiger partial charge is 0.248 e. The molecule has 12 nitrogen and oxygen atoms in total. The van der Waals surface area contributed by atoms with Gasteiger partial charge in [-0.1, -0.05) is 228 Å². The summed E-state index contributed by atoms with van der Waals surface area (Å²) in [7, 11) is 0. The number of pyridine rings is 2. The predicted octanol–water partition coefficient (Wildman–Crippen LogP) is 24.4. The lowest BCUT2D eigenvalue weighted by Crippen LogP contribution is -2.10. The first kappa shape index (κ1) is 85.2. The van der Waals surface area contributed by atoms with Crippen molar-refractivity contribution in [1.29, 1.82) is 0 Å². The van der Waals surface area contributed by atoms with E-state index in [0.717, 1.165) is 43.5 Å². The van der Waals surface area contributed by atoms with Crippen molar-refractivity contribution in [2.24, 2.45) is 0 Å². The van der Waals surface area contributed by atoms with Crippen LogP contribution < -0.4 is 5.56 Å². The van der Waals surface area contributed by atoms with Gasteiger partial charge >= 0.3 is 0 Å². The molecule has 0 bridgehead atoms. The van der Waals surface area contributed by atoms with Gasteiger partial charge in [-0.25, -0.2) is 15.0 Å². The molecule has 0 radical (unpaired) electrons. The predicted molar refractivity (Wildman–Crippen MR) is 405 cm³/mol. The van der Waals surface area contributed by atoms with Crippen LogP contribution in [0.25, 0.3) is 0 Å². The number of hydrogen-bond donors (Lipinski definition) is 1. The maximum Gasteiger partial charge on any atom is 0.248 e. The molecule has 8 aromatic rings. The zero-order valence-corrected chi connectivity index (χ0v) is 67.0. The molecule has 0 aromatic carbocycles. The Balaban J connectivity index is 0.000000526. The lowest BCUT2D eigenvalue weighted by Gasteiger charge is -2.09. The normalized spacial score (nSPS) is 11.3. The molecule has 17 heteroatoms.